The van der Waals surface area contributed by atoms with E-state index in [4.69, 9.17) is 4.74 Å². The van der Waals surface area contributed by atoms with Gasteiger partial charge in [-0.1, -0.05) is 78.9 Å². The van der Waals surface area contributed by atoms with Crippen molar-refractivity contribution in [1.82, 2.24) is 19.7 Å². The topological polar surface area (TPSA) is 154 Å². The third-order valence-electron chi connectivity index (χ3n) is 6.97. The Bertz CT molecular complexity index is 1560. The standard InChI is InChI=1S/C34H44N4O7S/c1-34(2,3)36-32(41)27-19-13-12-18-26(27)21-30(39)28(20-24-14-8-6-9-15-24)35-33(42)29(37-46(43,44)38(4)5)22-31(40)45-23-25-16-10-7-11-17-25/h6-19,28-30,37,39H,20-23H2,1-5H3,(H,35,42)(H,36,41)/t28-,29+,30+/m0/s1. The van der Waals surface area contributed by atoms with Crippen LogP contribution in [0.5, 0.6) is 0 Å². The Morgan fingerprint density at radius 2 is 1.41 bits per heavy atom. The van der Waals surface area contributed by atoms with E-state index in [1.165, 1.54) is 14.1 Å². The van der Waals surface area contributed by atoms with Gasteiger partial charge in [0.2, 0.25) is 5.91 Å². The van der Waals surface area contributed by atoms with E-state index in [-0.39, 0.29) is 25.4 Å². The van der Waals surface area contributed by atoms with Crippen molar-refractivity contribution in [3.63, 3.8) is 0 Å². The van der Waals surface area contributed by atoms with Crippen LogP contribution < -0.4 is 15.4 Å². The first-order valence-electron chi connectivity index (χ1n) is 15.0. The molecule has 0 aromatic heterocycles. The number of ether oxygens (including phenoxy) is 1. The lowest BCUT2D eigenvalue weighted by atomic mass is 9.93. The molecule has 0 aliphatic carbocycles. The van der Waals surface area contributed by atoms with E-state index in [1.54, 1.807) is 48.5 Å². The summed E-state index contributed by atoms with van der Waals surface area (Å²) in [6.07, 6.45) is -1.58. The molecule has 12 heteroatoms. The summed E-state index contributed by atoms with van der Waals surface area (Å²) < 4.78 is 34.0. The molecule has 0 saturated carbocycles. The van der Waals surface area contributed by atoms with Crippen molar-refractivity contribution in [3.8, 4) is 0 Å². The summed E-state index contributed by atoms with van der Waals surface area (Å²) >= 11 is 0. The van der Waals surface area contributed by atoms with Crippen molar-refractivity contribution in [2.75, 3.05) is 14.1 Å². The summed E-state index contributed by atoms with van der Waals surface area (Å²) in [4.78, 5) is 39.6. The number of nitrogens with zero attached hydrogens (tertiary/aromatic N) is 1. The van der Waals surface area contributed by atoms with Gasteiger partial charge in [0.1, 0.15) is 12.6 Å². The Morgan fingerprint density at radius 3 is 2.00 bits per heavy atom. The van der Waals surface area contributed by atoms with Crippen LogP contribution in [-0.2, 0) is 44.0 Å². The van der Waals surface area contributed by atoms with Gasteiger partial charge in [0.05, 0.1) is 18.6 Å². The van der Waals surface area contributed by atoms with Crippen LogP contribution in [0.4, 0.5) is 0 Å². The molecule has 3 aromatic rings. The number of aliphatic hydroxyl groups excluding tert-OH is 1. The molecule has 0 saturated heterocycles. The van der Waals surface area contributed by atoms with E-state index < -0.39 is 52.2 Å². The molecule has 46 heavy (non-hydrogen) atoms. The molecule has 3 rings (SSSR count). The van der Waals surface area contributed by atoms with Gasteiger partial charge in [-0.2, -0.15) is 17.4 Å². The predicted molar refractivity (Wildman–Crippen MR) is 176 cm³/mol. The Balaban J connectivity index is 1.86. The molecule has 0 heterocycles. The highest BCUT2D eigenvalue weighted by atomic mass is 32.2. The molecule has 3 aromatic carbocycles. The van der Waals surface area contributed by atoms with Gasteiger partial charge in [0.15, 0.2) is 0 Å². The second-order valence-corrected chi connectivity index (χ2v) is 14.2. The molecular weight excluding hydrogens is 608 g/mol. The van der Waals surface area contributed by atoms with Crippen LogP contribution in [0, 0.1) is 0 Å². The monoisotopic (exact) mass is 652 g/mol. The molecule has 0 bridgehead atoms. The highest BCUT2D eigenvalue weighted by Gasteiger charge is 2.32. The van der Waals surface area contributed by atoms with Crippen molar-refractivity contribution < 1.29 is 32.6 Å². The van der Waals surface area contributed by atoms with Crippen molar-refractivity contribution in [2.24, 2.45) is 0 Å². The molecule has 0 aliphatic heterocycles. The van der Waals surface area contributed by atoms with Crippen LogP contribution in [0.3, 0.4) is 0 Å². The molecule has 3 atom stereocenters. The molecule has 0 aliphatic rings. The number of esters is 1. The zero-order valence-electron chi connectivity index (χ0n) is 26.9. The average molecular weight is 653 g/mol. The minimum Gasteiger partial charge on any atom is -0.461 e. The van der Waals surface area contributed by atoms with Crippen molar-refractivity contribution >= 4 is 28.0 Å². The first-order valence-corrected chi connectivity index (χ1v) is 16.4. The minimum absolute atomic E-state index is 0.0126. The van der Waals surface area contributed by atoms with Gasteiger partial charge in [-0.05, 0) is 49.9 Å². The van der Waals surface area contributed by atoms with Crippen LogP contribution in [0.25, 0.3) is 0 Å². The normalized spacial score (nSPS) is 13.8. The fraction of sp³-hybridized carbons (Fsp3) is 0.382. The zero-order valence-corrected chi connectivity index (χ0v) is 27.7. The van der Waals surface area contributed by atoms with Gasteiger partial charge in [-0.15, -0.1) is 0 Å². The molecule has 2 amide bonds. The highest BCUT2D eigenvalue weighted by Crippen LogP contribution is 2.17. The average Bonchev–Trinajstić information content (AvgIpc) is 2.99. The lowest BCUT2D eigenvalue weighted by molar-refractivity contribution is -0.147. The van der Waals surface area contributed by atoms with Gasteiger partial charge in [0, 0.05) is 31.6 Å². The molecule has 0 radical (unpaired) electrons. The first kappa shape index (κ1) is 36.4. The van der Waals surface area contributed by atoms with E-state index in [0.29, 0.717) is 11.1 Å². The Morgan fingerprint density at radius 1 is 0.848 bits per heavy atom. The quantitative estimate of drug-likeness (QED) is 0.184. The molecule has 4 N–H and O–H groups in total. The summed E-state index contributed by atoms with van der Waals surface area (Å²) in [6.45, 7) is 5.55. The maximum absolute atomic E-state index is 13.7. The van der Waals surface area contributed by atoms with Crippen LogP contribution in [0.2, 0.25) is 0 Å². The molecule has 248 valence electrons. The second-order valence-electron chi connectivity index (χ2n) is 12.2. The Kier molecular flexibility index (Phi) is 13.0. The van der Waals surface area contributed by atoms with Crippen molar-refractivity contribution in [1.29, 1.82) is 0 Å². The predicted octanol–water partition coefficient (Wildman–Crippen LogP) is 2.74. The smallest absolute Gasteiger partial charge is 0.308 e. The van der Waals surface area contributed by atoms with Crippen molar-refractivity contribution in [2.45, 2.75) is 70.4 Å². The fourth-order valence-corrected chi connectivity index (χ4v) is 5.33. The number of aliphatic hydroxyl groups is 1. The number of hydrogen-bond donors (Lipinski definition) is 4. The van der Waals surface area contributed by atoms with Gasteiger partial charge in [-0.3, -0.25) is 14.4 Å². The maximum Gasteiger partial charge on any atom is 0.308 e. The van der Waals surface area contributed by atoms with Gasteiger partial charge >= 0.3 is 5.97 Å². The summed E-state index contributed by atoms with van der Waals surface area (Å²) in [7, 11) is -1.56. The number of nitrogens with one attached hydrogen (secondary N) is 3. The SMILES string of the molecule is CN(C)S(=O)(=O)N[C@H](CC(=O)OCc1ccccc1)C(=O)N[C@@H](Cc1ccccc1)[C@H](O)Cc1ccccc1C(=O)NC(C)(C)C. The van der Waals surface area contributed by atoms with Crippen molar-refractivity contribution in [3.05, 3.63) is 107 Å². The van der Waals surface area contributed by atoms with Crippen LogP contribution in [0.15, 0.2) is 84.9 Å². The molecule has 0 fully saturated rings. The molecule has 11 nitrogen and oxygen atoms in total. The first-order chi connectivity index (χ1) is 21.6. The van der Waals surface area contributed by atoms with Gasteiger partial charge in [0.25, 0.3) is 16.1 Å². The molecular formula is C34H44N4O7S. The number of rotatable bonds is 15. The number of carbonyl (C=O) groups is 3. The lowest BCUT2D eigenvalue weighted by Crippen LogP contribution is -2.55. The third-order valence-corrected chi connectivity index (χ3v) is 8.52. The fourth-order valence-electron chi connectivity index (χ4n) is 4.57. The Labute approximate surface area is 271 Å². The van der Waals surface area contributed by atoms with E-state index in [2.05, 4.69) is 15.4 Å². The highest BCUT2D eigenvalue weighted by molar-refractivity contribution is 7.87. The summed E-state index contributed by atoms with van der Waals surface area (Å²) in [5, 5.41) is 17.2. The number of hydrogen-bond acceptors (Lipinski definition) is 7. The second kappa shape index (κ2) is 16.5. The van der Waals surface area contributed by atoms with Crippen LogP contribution >= 0.6 is 0 Å². The van der Waals surface area contributed by atoms with Gasteiger partial charge < -0.3 is 20.5 Å². The number of amides is 2. The largest absolute Gasteiger partial charge is 0.461 e. The maximum atomic E-state index is 13.7. The lowest BCUT2D eigenvalue weighted by Gasteiger charge is -2.28. The number of benzene rings is 3. The van der Waals surface area contributed by atoms with E-state index >= 15 is 0 Å². The summed E-state index contributed by atoms with van der Waals surface area (Å²) in [5.74, 6) is -1.91. The molecule has 0 unspecified atom stereocenters. The summed E-state index contributed by atoms with van der Waals surface area (Å²) in [5.41, 5.74) is 2.01. The van der Waals surface area contributed by atoms with E-state index in [0.717, 1.165) is 15.4 Å². The Hall–Kier alpha value is -4.10. The van der Waals surface area contributed by atoms with E-state index in [9.17, 15) is 27.9 Å². The van der Waals surface area contributed by atoms with Crippen LogP contribution in [-0.4, -0.2) is 73.4 Å². The minimum atomic E-state index is -4.14. The van der Waals surface area contributed by atoms with Gasteiger partial charge in [-0.25, -0.2) is 0 Å². The number of carbonyl (C=O) groups excluding carboxylic acids is 3. The van der Waals surface area contributed by atoms with E-state index in [1.807, 2.05) is 57.2 Å². The zero-order chi connectivity index (χ0) is 33.9. The summed E-state index contributed by atoms with van der Waals surface area (Å²) in [6, 6.07) is 22.5. The molecule has 0 spiro atoms. The van der Waals surface area contributed by atoms with Crippen LogP contribution in [0.1, 0.15) is 54.2 Å². The third kappa shape index (κ3) is 11.7.